The molecule has 0 fully saturated rings. The molecule has 1 amide bonds. The molecule has 0 saturated carbocycles. The average molecular weight is 509 g/mol. The number of aromatic nitrogens is 3. The van der Waals surface area contributed by atoms with E-state index < -0.39 is 5.60 Å². The van der Waals surface area contributed by atoms with Gasteiger partial charge in [0.25, 0.3) is 11.5 Å². The Balaban J connectivity index is 1.46. The van der Waals surface area contributed by atoms with Gasteiger partial charge in [-0.25, -0.2) is 4.98 Å². The molecule has 2 aliphatic rings. The van der Waals surface area contributed by atoms with Gasteiger partial charge in [0, 0.05) is 22.9 Å². The molecule has 8 heteroatoms. The molecule has 0 aliphatic carbocycles. The fourth-order valence-electron chi connectivity index (χ4n) is 4.52. The van der Waals surface area contributed by atoms with Crippen molar-refractivity contribution in [3.63, 3.8) is 0 Å². The van der Waals surface area contributed by atoms with E-state index in [0.717, 1.165) is 40.0 Å². The topological polar surface area (TPSA) is 69.4 Å². The molecule has 1 atom stereocenters. The van der Waals surface area contributed by atoms with E-state index in [0.29, 0.717) is 24.5 Å². The van der Waals surface area contributed by atoms with Crippen LogP contribution in [0.25, 0.3) is 5.69 Å². The molecular formula is C25H25BrN4O3. The van der Waals surface area contributed by atoms with Gasteiger partial charge in [-0.1, -0.05) is 15.9 Å². The van der Waals surface area contributed by atoms with Crippen LogP contribution in [0.15, 0.2) is 63.9 Å². The third-order valence-corrected chi connectivity index (χ3v) is 6.89. The third-order valence-electron chi connectivity index (χ3n) is 6.40. The molecule has 5 rings (SSSR count). The fourth-order valence-corrected chi connectivity index (χ4v) is 4.93. The van der Waals surface area contributed by atoms with Gasteiger partial charge >= 0.3 is 0 Å². The fraction of sp³-hybridized carbons (Fsp3) is 0.320. The summed E-state index contributed by atoms with van der Waals surface area (Å²) >= 11 is 3.52. The highest BCUT2D eigenvalue weighted by Gasteiger charge is 2.37. The van der Waals surface area contributed by atoms with Crippen molar-refractivity contribution in [2.24, 2.45) is 0 Å². The number of nitrogens with zero attached hydrogens (tertiary/aromatic N) is 4. The van der Waals surface area contributed by atoms with E-state index >= 15 is 0 Å². The summed E-state index contributed by atoms with van der Waals surface area (Å²) in [6, 6.07) is 9.44. The predicted molar refractivity (Wildman–Crippen MR) is 129 cm³/mol. The van der Waals surface area contributed by atoms with E-state index in [1.807, 2.05) is 39.0 Å². The minimum absolute atomic E-state index is 0.196. The molecule has 4 heterocycles. The summed E-state index contributed by atoms with van der Waals surface area (Å²) in [5, 5.41) is 0. The molecule has 0 N–H and O–H groups in total. The van der Waals surface area contributed by atoms with E-state index in [-0.39, 0.29) is 11.5 Å². The van der Waals surface area contributed by atoms with Gasteiger partial charge in [0.15, 0.2) is 0 Å². The number of benzene rings is 1. The van der Waals surface area contributed by atoms with Crippen molar-refractivity contribution < 1.29 is 9.53 Å². The Morgan fingerprint density at radius 2 is 2.00 bits per heavy atom. The van der Waals surface area contributed by atoms with Gasteiger partial charge in [-0.05, 0) is 75.6 Å². The van der Waals surface area contributed by atoms with Crippen molar-refractivity contribution in [2.45, 2.75) is 45.8 Å². The van der Waals surface area contributed by atoms with Gasteiger partial charge in [-0.3, -0.25) is 14.2 Å². The number of hydrogen-bond acceptors (Lipinski definition) is 4. The number of amides is 1. The summed E-state index contributed by atoms with van der Waals surface area (Å²) in [5.74, 6) is 0.658. The lowest BCUT2D eigenvalue weighted by molar-refractivity contribution is 0.0303. The number of carbonyl (C=O) groups excluding carboxylic acids is 1. The molecule has 170 valence electrons. The molecule has 0 spiro atoms. The molecule has 0 radical (unpaired) electrons. The van der Waals surface area contributed by atoms with Crippen molar-refractivity contribution in [2.75, 3.05) is 6.54 Å². The Bertz CT molecular complexity index is 1360. The second-order valence-electron chi connectivity index (χ2n) is 8.98. The molecule has 1 aromatic carbocycles. The third kappa shape index (κ3) is 3.93. The zero-order chi connectivity index (χ0) is 23.3. The highest BCUT2D eigenvalue weighted by atomic mass is 79.9. The average Bonchev–Trinajstić information content (AvgIpc) is 3.17. The molecular weight excluding hydrogens is 484 g/mol. The smallest absolute Gasteiger partial charge is 0.275 e. The maximum absolute atomic E-state index is 13.6. The Kier molecular flexibility index (Phi) is 5.28. The van der Waals surface area contributed by atoms with E-state index in [9.17, 15) is 9.59 Å². The van der Waals surface area contributed by atoms with Gasteiger partial charge in [-0.2, -0.15) is 0 Å². The minimum atomic E-state index is -0.532. The number of hydrogen-bond donors (Lipinski definition) is 0. The Morgan fingerprint density at radius 1 is 1.18 bits per heavy atom. The minimum Gasteiger partial charge on any atom is -0.485 e. The molecule has 1 unspecified atom stereocenters. The van der Waals surface area contributed by atoms with Crippen molar-refractivity contribution in [1.82, 2.24) is 19.0 Å². The number of halogens is 1. The molecule has 2 aliphatic heterocycles. The lowest BCUT2D eigenvalue weighted by Crippen LogP contribution is -2.48. The number of rotatable bonds is 3. The summed E-state index contributed by atoms with van der Waals surface area (Å²) in [6.07, 6.45) is 7.00. The molecule has 0 saturated heterocycles. The van der Waals surface area contributed by atoms with Crippen LogP contribution in [0, 0.1) is 6.92 Å². The molecule has 7 nitrogen and oxygen atoms in total. The van der Waals surface area contributed by atoms with Crippen LogP contribution < -0.4 is 10.3 Å². The van der Waals surface area contributed by atoms with E-state index in [2.05, 4.69) is 27.0 Å². The summed E-state index contributed by atoms with van der Waals surface area (Å²) in [5.41, 5.74) is 2.89. The van der Waals surface area contributed by atoms with Crippen molar-refractivity contribution in [3.8, 4) is 11.4 Å². The summed E-state index contributed by atoms with van der Waals surface area (Å²) in [6.45, 7) is 6.56. The quantitative estimate of drug-likeness (QED) is 0.530. The Morgan fingerprint density at radius 3 is 2.76 bits per heavy atom. The largest absolute Gasteiger partial charge is 0.485 e. The van der Waals surface area contributed by atoms with Crippen LogP contribution >= 0.6 is 15.9 Å². The SMILES string of the molecule is CC1=CCn2c(ccc(-n3cnc(C)c3)c2=O)C(=O)N1CC1(C)CCc2cc(Br)ccc2O1. The van der Waals surface area contributed by atoms with Crippen LogP contribution in [0.3, 0.4) is 0 Å². The van der Waals surface area contributed by atoms with Crippen LogP contribution in [0.2, 0.25) is 0 Å². The lowest BCUT2D eigenvalue weighted by atomic mass is 9.92. The van der Waals surface area contributed by atoms with E-state index in [1.54, 1.807) is 34.1 Å². The van der Waals surface area contributed by atoms with Gasteiger partial charge in [0.2, 0.25) is 0 Å². The van der Waals surface area contributed by atoms with Gasteiger partial charge < -0.3 is 14.2 Å². The number of allylic oxidation sites excluding steroid dienone is 2. The van der Waals surface area contributed by atoms with Gasteiger partial charge in [0.05, 0.1) is 18.6 Å². The Hall–Kier alpha value is -3.13. The zero-order valence-electron chi connectivity index (χ0n) is 18.8. The number of aryl methyl sites for hydroxylation is 2. The van der Waals surface area contributed by atoms with Gasteiger partial charge in [0.1, 0.15) is 22.7 Å². The van der Waals surface area contributed by atoms with Crippen LogP contribution in [-0.4, -0.2) is 37.1 Å². The maximum Gasteiger partial charge on any atom is 0.275 e. The Labute approximate surface area is 200 Å². The number of pyridine rings is 1. The second kappa shape index (κ2) is 8.02. The van der Waals surface area contributed by atoms with E-state index in [4.69, 9.17) is 4.74 Å². The molecule has 2 aromatic heterocycles. The number of ether oxygens (including phenoxy) is 1. The maximum atomic E-state index is 13.6. The first-order valence-corrected chi connectivity index (χ1v) is 11.7. The van der Waals surface area contributed by atoms with Crippen LogP contribution in [0.4, 0.5) is 0 Å². The standard InChI is InChI=1S/C25H25BrN4O3/c1-16-13-28(15-27-16)20-5-6-21-24(32)30(17(2)9-11-29(21)23(20)31)14-25(3)10-8-18-12-19(26)4-7-22(18)33-25/h4-7,9,12-13,15H,8,10-11,14H2,1-3H3. The van der Waals surface area contributed by atoms with E-state index in [1.165, 1.54) is 4.57 Å². The predicted octanol–water partition coefficient (Wildman–Crippen LogP) is 4.25. The number of fused-ring (bicyclic) bond motifs is 2. The van der Waals surface area contributed by atoms with Crippen molar-refractivity contribution >= 4 is 21.8 Å². The first kappa shape index (κ1) is 21.7. The highest BCUT2D eigenvalue weighted by Crippen LogP contribution is 2.36. The van der Waals surface area contributed by atoms with Crippen LogP contribution in [0.1, 0.15) is 42.0 Å². The number of carbonyl (C=O) groups is 1. The molecule has 33 heavy (non-hydrogen) atoms. The van der Waals surface area contributed by atoms with Gasteiger partial charge in [-0.15, -0.1) is 0 Å². The summed E-state index contributed by atoms with van der Waals surface area (Å²) < 4.78 is 10.6. The summed E-state index contributed by atoms with van der Waals surface area (Å²) in [4.78, 5) is 32.8. The van der Waals surface area contributed by atoms with Crippen molar-refractivity contribution in [1.29, 1.82) is 0 Å². The molecule has 0 bridgehead atoms. The normalized spacial score (nSPS) is 19.9. The summed E-state index contributed by atoms with van der Waals surface area (Å²) in [7, 11) is 0. The second-order valence-corrected chi connectivity index (χ2v) is 9.90. The first-order valence-electron chi connectivity index (χ1n) is 10.9. The van der Waals surface area contributed by atoms with Crippen LogP contribution in [0.5, 0.6) is 5.75 Å². The highest BCUT2D eigenvalue weighted by molar-refractivity contribution is 9.10. The number of imidazole rings is 1. The monoisotopic (exact) mass is 508 g/mol. The molecule has 3 aromatic rings. The van der Waals surface area contributed by atoms with Crippen LogP contribution in [-0.2, 0) is 13.0 Å². The lowest BCUT2D eigenvalue weighted by Gasteiger charge is -2.39. The van der Waals surface area contributed by atoms with Crippen molar-refractivity contribution in [3.05, 3.63) is 86.4 Å². The first-order chi connectivity index (χ1) is 15.7. The zero-order valence-corrected chi connectivity index (χ0v) is 20.4.